The number of aromatic nitrogens is 4. The molecule has 0 spiro atoms. The van der Waals surface area contributed by atoms with Gasteiger partial charge in [0.1, 0.15) is 12.4 Å². The molecule has 6 aliphatic rings. The molecule has 23 heteroatoms. The van der Waals surface area contributed by atoms with E-state index in [2.05, 4.69) is 45.5 Å². The summed E-state index contributed by atoms with van der Waals surface area (Å²) in [6.07, 6.45) is 16.3. The summed E-state index contributed by atoms with van der Waals surface area (Å²) in [5.74, 6) is -1.93. The fourth-order valence-electron chi connectivity index (χ4n) is 15.4. The number of nitrogens with one attached hydrogen (secondary N) is 3. The van der Waals surface area contributed by atoms with Gasteiger partial charge in [-0.2, -0.15) is 5.10 Å². The molecule has 489 valence electrons. The third kappa shape index (κ3) is 16.1. The van der Waals surface area contributed by atoms with Crippen molar-refractivity contribution >= 4 is 85.9 Å². The molecule has 4 aliphatic carbocycles. The Balaban J connectivity index is 0.585. The number of hydrogen-bond acceptors (Lipinski definition) is 16. The molecule has 0 saturated heterocycles. The van der Waals surface area contributed by atoms with Crippen LogP contribution in [0.5, 0.6) is 0 Å². The van der Waals surface area contributed by atoms with Crippen LogP contribution in [0.15, 0.2) is 97.2 Å². The Morgan fingerprint density at radius 1 is 0.817 bits per heavy atom. The summed E-state index contributed by atoms with van der Waals surface area (Å²) >= 11 is 1.43. The van der Waals surface area contributed by atoms with E-state index < -0.39 is 12.1 Å². The number of pyridine rings is 1. The van der Waals surface area contributed by atoms with Crippen LogP contribution in [-0.4, -0.2) is 155 Å². The summed E-state index contributed by atoms with van der Waals surface area (Å²) in [7, 11) is 1.64. The highest BCUT2D eigenvalue weighted by Crippen LogP contribution is 2.72. The summed E-state index contributed by atoms with van der Waals surface area (Å²) in [5, 5.41) is 24.7. The first-order chi connectivity index (χ1) is 44.8. The number of carboxylic acid groups (broad SMARTS) is 1. The first-order valence-corrected chi connectivity index (χ1v) is 32.8. The Hall–Kier alpha value is -8.64. The smallest absolute Gasteiger partial charge is 0.409 e. The van der Waals surface area contributed by atoms with Gasteiger partial charge in [-0.3, -0.25) is 38.9 Å². The summed E-state index contributed by atoms with van der Waals surface area (Å²) in [4.78, 5) is 102. The number of unbranched alkanes of at least 4 members (excludes halogenated alkanes) is 2. The predicted octanol–water partition coefficient (Wildman–Crippen LogP) is 10.1. The molecule has 4 N–H and O–H groups in total. The van der Waals surface area contributed by atoms with E-state index in [-0.39, 0.29) is 83.1 Å². The Morgan fingerprint density at radius 2 is 1.59 bits per heavy atom. The van der Waals surface area contributed by atoms with Crippen molar-refractivity contribution in [2.45, 2.75) is 117 Å². The van der Waals surface area contributed by atoms with Crippen LogP contribution < -0.4 is 20.9 Å². The lowest BCUT2D eigenvalue weighted by Gasteiger charge is -2.69. The third-order valence-corrected chi connectivity index (χ3v) is 19.4. The normalized spacial score (nSPS) is 21.2. The van der Waals surface area contributed by atoms with Crippen molar-refractivity contribution in [3.8, 4) is 11.1 Å². The molecule has 2 aliphatic heterocycles. The fraction of sp³-hybridized carbons (Fsp3) is 0.457. The van der Waals surface area contributed by atoms with E-state index >= 15 is 0 Å². The van der Waals surface area contributed by atoms with E-state index in [1.54, 1.807) is 43.6 Å². The van der Waals surface area contributed by atoms with E-state index in [1.807, 2.05) is 66.4 Å². The van der Waals surface area contributed by atoms with E-state index in [9.17, 15) is 38.7 Å². The maximum atomic E-state index is 13.8. The van der Waals surface area contributed by atoms with Crippen molar-refractivity contribution < 1.29 is 57.6 Å². The quantitative estimate of drug-likeness (QED) is 0.0241. The molecule has 6 amide bonds. The van der Waals surface area contributed by atoms with Crippen LogP contribution in [0.25, 0.3) is 27.4 Å². The van der Waals surface area contributed by atoms with Crippen molar-refractivity contribution in [1.29, 1.82) is 0 Å². The number of ether oxygens (including phenoxy) is 4. The molecular weight excluding hydrogens is 1200 g/mol. The number of fused-ring (bicyclic) bond motifs is 2. The number of amides is 6. The van der Waals surface area contributed by atoms with Crippen LogP contribution in [0.4, 0.5) is 21.4 Å². The molecule has 6 aromatic rings. The highest BCUT2D eigenvalue weighted by molar-refractivity contribution is 7.22. The Bertz CT molecular complexity index is 3790. The van der Waals surface area contributed by atoms with Crippen molar-refractivity contribution in [3.63, 3.8) is 0 Å². The average Bonchev–Trinajstić information content (AvgIpc) is 1.36. The lowest BCUT2D eigenvalue weighted by atomic mass is 9.39. The van der Waals surface area contributed by atoms with Crippen molar-refractivity contribution in [2.75, 3.05) is 88.4 Å². The number of carboxylic acids is 1. The summed E-state index contributed by atoms with van der Waals surface area (Å²) in [5.41, 5.74) is 6.43. The number of anilines is 3. The zero-order valence-electron chi connectivity index (χ0n) is 53.3. The maximum Gasteiger partial charge on any atom is 0.409 e. The largest absolute Gasteiger partial charge is 0.476 e. The van der Waals surface area contributed by atoms with Crippen molar-refractivity contribution in [3.05, 3.63) is 137 Å². The second kappa shape index (κ2) is 28.7. The molecule has 2 unspecified atom stereocenters. The van der Waals surface area contributed by atoms with Gasteiger partial charge < -0.3 is 44.5 Å². The van der Waals surface area contributed by atoms with E-state index in [4.69, 9.17) is 29.0 Å². The summed E-state index contributed by atoms with van der Waals surface area (Å²) < 4.78 is 27.2. The van der Waals surface area contributed by atoms with Gasteiger partial charge in [0.25, 0.3) is 17.7 Å². The minimum Gasteiger partial charge on any atom is -0.476 e. The number of rotatable bonds is 30. The maximum absolute atomic E-state index is 13.8. The van der Waals surface area contributed by atoms with E-state index in [0.717, 1.165) is 76.7 Å². The minimum absolute atomic E-state index is 0.0322. The van der Waals surface area contributed by atoms with Gasteiger partial charge >= 0.3 is 12.1 Å². The number of carbonyl (C=O) groups is 7. The van der Waals surface area contributed by atoms with Crippen LogP contribution in [0.2, 0.25) is 0 Å². The van der Waals surface area contributed by atoms with Gasteiger partial charge in [-0.05, 0) is 140 Å². The van der Waals surface area contributed by atoms with E-state index in [1.165, 1.54) is 33.3 Å². The first kappa shape index (κ1) is 65.8. The summed E-state index contributed by atoms with van der Waals surface area (Å²) in [6.45, 7) is 11.3. The number of carbonyl (C=O) groups excluding carboxylic acids is 6. The van der Waals surface area contributed by atoms with Gasteiger partial charge in [-0.1, -0.05) is 74.1 Å². The van der Waals surface area contributed by atoms with Crippen molar-refractivity contribution in [2.24, 2.45) is 16.2 Å². The molecule has 2 atom stereocenters. The lowest BCUT2D eigenvalue weighted by Crippen LogP contribution is -2.64. The van der Waals surface area contributed by atoms with Crippen LogP contribution in [0.3, 0.4) is 0 Å². The second-order valence-electron chi connectivity index (χ2n) is 26.2. The van der Waals surface area contributed by atoms with Crippen LogP contribution in [-0.2, 0) is 57.6 Å². The lowest BCUT2D eigenvalue weighted by molar-refractivity contribution is -0.250. The Labute approximate surface area is 545 Å². The number of likely N-dealkylation sites (N-methyl/N-ethyl adjacent to an activating group) is 1. The molecule has 93 heavy (non-hydrogen) atoms. The molecule has 4 bridgehead atoms. The van der Waals surface area contributed by atoms with Crippen LogP contribution >= 0.6 is 11.3 Å². The molecule has 5 heterocycles. The number of nitrogens with zero attached hydrogens (tertiary/aromatic N) is 7. The SMILES string of the molecule is Cc1c(-c2ccc(N3CCc4cccc(C(=O)Nc5nc6ccccc6s5)c4C3)nc2C(=O)O)cnn1CC12CC3(C)CC(C)(C1)CC(OCCOCCOCCN(C)C(=O)OC/C=C/c1cc[c]c(NC(=O)CCNC(=O)CCCCCN4C(=O)C=CC4=O)c1)(C3)C2. The number of hydrogen-bond donors (Lipinski definition) is 4. The highest BCUT2D eigenvalue weighted by Gasteiger charge is 2.66. The third-order valence-electron chi connectivity index (χ3n) is 18.4. The predicted molar refractivity (Wildman–Crippen MR) is 351 cm³/mol. The monoisotopic (exact) mass is 1290 g/mol. The standard InChI is InChI=1S/C70H81N10O12S/c1-47-53(51-21-22-57(75-62(51)64(86)87)78-29-26-49-15-11-17-52(54(49)39-78)63(85)76-65-74-55-18-7-8-19-56(55)93-65)38-72-80(47)46-69-41-67(2)40-68(3,42-69)44-70(43-67,45-69)92-36-35-90-34-33-89-32-30-77(4)66(88)91-31-12-14-48-13-10-16-50(37-48)73-59(82)25-27-71-58(81)20-6-5-9-28-79-60(83)23-24-61(79)84/h7-8,10-15,17-19,21-24,37-38H,5-6,9,20,25-36,39-46H2,1-4H3,(H,71,81)(H,73,82)(H,86,87)(H,74,76,85)/b14-12+. The van der Waals surface area contributed by atoms with Gasteiger partial charge in [0.15, 0.2) is 10.8 Å². The molecule has 4 saturated carbocycles. The number of imide groups is 1. The van der Waals surface area contributed by atoms with Gasteiger partial charge in [-0.15, -0.1) is 0 Å². The average molecular weight is 1290 g/mol. The Morgan fingerprint density at radius 3 is 2.38 bits per heavy atom. The Kier molecular flexibility index (Phi) is 20.3. The molecule has 3 aromatic heterocycles. The first-order valence-electron chi connectivity index (χ1n) is 32.0. The van der Waals surface area contributed by atoms with Gasteiger partial charge in [0.05, 0.1) is 55.0 Å². The number of para-hydroxylation sites is 1. The van der Waals surface area contributed by atoms with Crippen molar-refractivity contribution in [1.82, 2.24) is 34.9 Å². The highest BCUT2D eigenvalue weighted by atomic mass is 32.1. The van der Waals surface area contributed by atoms with Gasteiger partial charge in [-0.25, -0.2) is 19.6 Å². The van der Waals surface area contributed by atoms with E-state index in [0.29, 0.717) is 119 Å². The topological polar surface area (TPSA) is 266 Å². The number of aromatic carboxylic acids is 1. The molecular formula is C70H81N10O12S. The fourth-order valence-corrected chi connectivity index (χ4v) is 16.3. The zero-order chi connectivity index (χ0) is 65.3. The summed E-state index contributed by atoms with van der Waals surface area (Å²) in [6, 6.07) is 25.4. The number of thiazole rings is 1. The van der Waals surface area contributed by atoms with Crippen LogP contribution in [0.1, 0.15) is 128 Å². The zero-order valence-corrected chi connectivity index (χ0v) is 54.1. The van der Waals surface area contributed by atoms with Gasteiger partial charge in [0.2, 0.25) is 11.8 Å². The molecule has 22 nitrogen and oxygen atoms in total. The minimum atomic E-state index is -1.13. The van der Waals surface area contributed by atoms with Crippen LogP contribution in [0, 0.1) is 29.2 Å². The molecule has 4 fully saturated rings. The van der Waals surface area contributed by atoms with Gasteiger partial charge in [0, 0.05) is 105 Å². The second-order valence-corrected chi connectivity index (χ2v) is 27.3. The molecule has 3 aromatic carbocycles. The number of benzene rings is 3. The molecule has 1 radical (unpaired) electrons. The molecule has 12 rings (SSSR count).